The van der Waals surface area contributed by atoms with Crippen molar-refractivity contribution in [1.29, 1.82) is 5.26 Å². The van der Waals surface area contributed by atoms with E-state index in [0.717, 1.165) is 6.54 Å². The largest absolute Gasteiger partial charge is 0.316 e. The Morgan fingerprint density at radius 2 is 2.05 bits per heavy atom. The minimum absolute atomic E-state index is 0. The van der Waals surface area contributed by atoms with E-state index in [1.165, 1.54) is 0 Å². The average Bonchev–Trinajstić information content (AvgIpc) is 2.34. The molecule has 5 nitrogen and oxygen atoms in total. The smallest absolute Gasteiger partial charge is 0.215 e. The Kier molecular flexibility index (Phi) is 8.35. The van der Waals surface area contributed by atoms with Crippen LogP contribution in [0.4, 0.5) is 0 Å². The number of nitriles is 1. The second-order valence-corrected chi connectivity index (χ2v) is 5.63. The van der Waals surface area contributed by atoms with Gasteiger partial charge < -0.3 is 5.32 Å². The van der Waals surface area contributed by atoms with Crippen LogP contribution in [-0.4, -0.2) is 28.1 Å². The van der Waals surface area contributed by atoms with Gasteiger partial charge in [0.15, 0.2) is 0 Å². The summed E-state index contributed by atoms with van der Waals surface area (Å²) in [6.45, 7) is 3.75. The molecule has 0 aliphatic rings. The highest BCUT2D eigenvalue weighted by molar-refractivity contribution is 7.88. The van der Waals surface area contributed by atoms with Gasteiger partial charge in [0, 0.05) is 13.1 Å². The first kappa shape index (κ1) is 17.9. The summed E-state index contributed by atoms with van der Waals surface area (Å²) in [5.41, 5.74) is 1.08. The molecule has 0 heterocycles. The monoisotopic (exact) mass is 303 g/mol. The highest BCUT2D eigenvalue weighted by Gasteiger charge is 2.10. The molecule has 0 radical (unpaired) electrons. The van der Waals surface area contributed by atoms with Gasteiger partial charge in [-0.3, -0.25) is 0 Å². The third kappa shape index (κ3) is 7.13. The SMILES string of the molecule is CCNCCNS(=O)(=O)Cc1cccc(C#N)c1.Cl. The first-order valence-electron chi connectivity index (χ1n) is 5.74. The van der Waals surface area contributed by atoms with Crippen molar-refractivity contribution in [2.24, 2.45) is 0 Å². The fourth-order valence-corrected chi connectivity index (χ4v) is 2.61. The molecule has 2 N–H and O–H groups in total. The number of sulfonamides is 1. The summed E-state index contributed by atoms with van der Waals surface area (Å²) in [5.74, 6) is -0.103. The number of nitrogens with one attached hydrogen (secondary N) is 2. The highest BCUT2D eigenvalue weighted by atomic mass is 35.5. The van der Waals surface area contributed by atoms with Crippen molar-refractivity contribution in [3.05, 3.63) is 35.4 Å². The van der Waals surface area contributed by atoms with Crippen LogP contribution in [0.2, 0.25) is 0 Å². The van der Waals surface area contributed by atoms with Crippen LogP contribution in [0.15, 0.2) is 24.3 Å². The minimum Gasteiger partial charge on any atom is -0.316 e. The van der Waals surface area contributed by atoms with Crippen molar-refractivity contribution in [2.45, 2.75) is 12.7 Å². The van der Waals surface area contributed by atoms with E-state index >= 15 is 0 Å². The van der Waals surface area contributed by atoms with Crippen molar-refractivity contribution in [1.82, 2.24) is 10.0 Å². The molecule has 0 aliphatic carbocycles. The Balaban J connectivity index is 0.00000324. The van der Waals surface area contributed by atoms with Gasteiger partial charge in [-0.1, -0.05) is 19.1 Å². The number of likely N-dealkylation sites (N-methyl/N-ethyl adjacent to an activating group) is 1. The molecule has 0 spiro atoms. The second-order valence-electron chi connectivity index (χ2n) is 3.82. The predicted octanol–water partition coefficient (Wildman–Crippen LogP) is 1.01. The van der Waals surface area contributed by atoms with Crippen LogP contribution in [0, 0.1) is 11.3 Å². The lowest BCUT2D eigenvalue weighted by atomic mass is 10.2. The van der Waals surface area contributed by atoms with Crippen LogP contribution in [0.5, 0.6) is 0 Å². The van der Waals surface area contributed by atoms with E-state index in [4.69, 9.17) is 5.26 Å². The topological polar surface area (TPSA) is 82.0 Å². The van der Waals surface area contributed by atoms with Gasteiger partial charge in [-0.05, 0) is 24.2 Å². The Bertz CT molecular complexity index is 526. The zero-order valence-electron chi connectivity index (χ0n) is 10.7. The Morgan fingerprint density at radius 3 is 2.68 bits per heavy atom. The zero-order valence-corrected chi connectivity index (χ0v) is 12.4. The lowest BCUT2D eigenvalue weighted by molar-refractivity contribution is 0.576. The lowest BCUT2D eigenvalue weighted by Gasteiger charge is -2.07. The van der Waals surface area contributed by atoms with Crippen LogP contribution in [0.25, 0.3) is 0 Å². The molecule has 0 fully saturated rings. The molecular weight excluding hydrogens is 286 g/mol. The normalized spacial score (nSPS) is 10.5. The van der Waals surface area contributed by atoms with E-state index in [2.05, 4.69) is 10.0 Å². The average molecular weight is 304 g/mol. The number of rotatable bonds is 7. The number of halogens is 1. The third-order valence-corrected chi connectivity index (χ3v) is 3.64. The van der Waals surface area contributed by atoms with Crippen molar-refractivity contribution < 1.29 is 8.42 Å². The Hall–Kier alpha value is -1.13. The maximum Gasteiger partial charge on any atom is 0.215 e. The molecule has 0 aliphatic heterocycles. The van der Waals surface area contributed by atoms with Crippen molar-refractivity contribution in [3.8, 4) is 6.07 Å². The van der Waals surface area contributed by atoms with Crippen LogP contribution in [-0.2, 0) is 15.8 Å². The summed E-state index contributed by atoms with van der Waals surface area (Å²) in [4.78, 5) is 0. The first-order chi connectivity index (χ1) is 8.57. The van der Waals surface area contributed by atoms with Gasteiger partial charge in [0.2, 0.25) is 10.0 Å². The highest BCUT2D eigenvalue weighted by Crippen LogP contribution is 2.07. The van der Waals surface area contributed by atoms with Crippen LogP contribution in [0.3, 0.4) is 0 Å². The molecule has 0 bridgehead atoms. The molecule has 0 saturated heterocycles. The molecule has 1 aromatic carbocycles. The number of nitrogens with zero attached hydrogens (tertiary/aromatic N) is 1. The van der Waals surface area contributed by atoms with Crippen molar-refractivity contribution >= 4 is 22.4 Å². The van der Waals surface area contributed by atoms with E-state index in [9.17, 15) is 8.42 Å². The number of hydrogen-bond acceptors (Lipinski definition) is 4. The Morgan fingerprint density at radius 1 is 1.32 bits per heavy atom. The second kappa shape index (κ2) is 8.88. The number of benzene rings is 1. The van der Waals surface area contributed by atoms with Gasteiger partial charge in [0.05, 0.1) is 17.4 Å². The van der Waals surface area contributed by atoms with Gasteiger partial charge >= 0.3 is 0 Å². The fraction of sp³-hybridized carbons (Fsp3) is 0.417. The van der Waals surface area contributed by atoms with E-state index < -0.39 is 10.0 Å². The maximum absolute atomic E-state index is 11.7. The van der Waals surface area contributed by atoms with Gasteiger partial charge in [-0.2, -0.15) is 5.26 Å². The van der Waals surface area contributed by atoms with Gasteiger partial charge in [-0.25, -0.2) is 13.1 Å². The predicted molar refractivity (Wildman–Crippen MR) is 77.6 cm³/mol. The first-order valence-corrected chi connectivity index (χ1v) is 7.39. The molecular formula is C12H18ClN3O2S. The molecule has 0 aromatic heterocycles. The summed E-state index contributed by atoms with van der Waals surface area (Å²) >= 11 is 0. The minimum atomic E-state index is -3.34. The van der Waals surface area contributed by atoms with Crippen molar-refractivity contribution in [3.63, 3.8) is 0 Å². The quantitative estimate of drug-likeness (QED) is 0.737. The molecule has 0 saturated carbocycles. The summed E-state index contributed by atoms with van der Waals surface area (Å²) in [6.07, 6.45) is 0. The standard InChI is InChI=1S/C12H17N3O2S.ClH/c1-2-14-6-7-15-18(16,17)10-12-5-3-4-11(8-12)9-13;/h3-5,8,14-15H,2,6-7,10H2,1H3;1H. The van der Waals surface area contributed by atoms with Crippen LogP contribution >= 0.6 is 12.4 Å². The Labute approximate surface area is 120 Å². The molecule has 106 valence electrons. The molecule has 1 aromatic rings. The number of hydrogen-bond donors (Lipinski definition) is 2. The molecule has 7 heteroatoms. The van der Waals surface area contributed by atoms with E-state index in [1.54, 1.807) is 24.3 Å². The van der Waals surface area contributed by atoms with Crippen molar-refractivity contribution in [2.75, 3.05) is 19.6 Å². The lowest BCUT2D eigenvalue weighted by Crippen LogP contribution is -2.32. The van der Waals surface area contributed by atoms with Crippen LogP contribution in [0.1, 0.15) is 18.1 Å². The molecule has 0 atom stereocenters. The molecule has 0 amide bonds. The van der Waals surface area contributed by atoms with Gasteiger partial charge in [0.1, 0.15) is 0 Å². The van der Waals surface area contributed by atoms with Gasteiger partial charge in [-0.15, -0.1) is 12.4 Å². The molecule has 1 rings (SSSR count). The summed E-state index contributed by atoms with van der Waals surface area (Å²) in [5, 5.41) is 11.8. The third-order valence-electron chi connectivity index (χ3n) is 2.29. The zero-order chi connectivity index (χ0) is 13.4. The molecule has 0 unspecified atom stereocenters. The van der Waals surface area contributed by atoms with E-state index in [-0.39, 0.29) is 18.2 Å². The maximum atomic E-state index is 11.7. The van der Waals surface area contributed by atoms with E-state index in [0.29, 0.717) is 24.2 Å². The van der Waals surface area contributed by atoms with Gasteiger partial charge in [0.25, 0.3) is 0 Å². The van der Waals surface area contributed by atoms with E-state index in [1.807, 2.05) is 13.0 Å². The summed E-state index contributed by atoms with van der Waals surface area (Å²) in [6, 6.07) is 8.60. The summed E-state index contributed by atoms with van der Waals surface area (Å²) in [7, 11) is -3.34. The summed E-state index contributed by atoms with van der Waals surface area (Å²) < 4.78 is 26.0. The fourth-order valence-electron chi connectivity index (χ4n) is 1.47. The van der Waals surface area contributed by atoms with Crippen LogP contribution < -0.4 is 10.0 Å². The molecule has 19 heavy (non-hydrogen) atoms.